The Morgan fingerprint density at radius 2 is 1.63 bits per heavy atom. The summed E-state index contributed by atoms with van der Waals surface area (Å²) in [6, 6.07) is 12.2. The van der Waals surface area contributed by atoms with Crippen molar-refractivity contribution in [2.75, 3.05) is 6.61 Å². The van der Waals surface area contributed by atoms with Gasteiger partial charge in [0.2, 0.25) is 0 Å². The summed E-state index contributed by atoms with van der Waals surface area (Å²) >= 11 is 0. The van der Waals surface area contributed by atoms with Crippen LogP contribution in [0.5, 0.6) is 5.75 Å². The Morgan fingerprint density at radius 1 is 1.00 bits per heavy atom. The smallest absolute Gasteiger partial charge is 0.416 e. The molecule has 30 heavy (non-hydrogen) atoms. The minimum absolute atomic E-state index is 0.0937. The molecule has 3 rings (SSSR count). The number of ether oxygens (including phenoxy) is 1. The third-order valence-electron chi connectivity index (χ3n) is 5.10. The lowest BCUT2D eigenvalue weighted by molar-refractivity contribution is -0.137. The van der Waals surface area contributed by atoms with E-state index in [4.69, 9.17) is 9.57 Å². The van der Waals surface area contributed by atoms with Gasteiger partial charge in [-0.3, -0.25) is 4.79 Å². The number of carbonyl (C=O) groups is 1. The van der Waals surface area contributed by atoms with Crippen molar-refractivity contribution >= 4 is 12.0 Å². The Hall–Kier alpha value is -2.83. The number of oxime groups is 1. The summed E-state index contributed by atoms with van der Waals surface area (Å²) in [4.78, 5) is 17.2. The van der Waals surface area contributed by atoms with Gasteiger partial charge in [-0.2, -0.15) is 13.2 Å². The van der Waals surface area contributed by atoms with Crippen molar-refractivity contribution < 1.29 is 27.5 Å². The lowest BCUT2D eigenvalue weighted by atomic mass is 10.0. The summed E-state index contributed by atoms with van der Waals surface area (Å²) in [5.41, 5.74) is 0.908. The highest BCUT2D eigenvalue weighted by Gasteiger charge is 2.29. The zero-order valence-electron chi connectivity index (χ0n) is 16.5. The van der Waals surface area contributed by atoms with Gasteiger partial charge in [0.25, 0.3) is 0 Å². The van der Waals surface area contributed by atoms with Gasteiger partial charge in [0.05, 0.1) is 5.56 Å². The van der Waals surface area contributed by atoms with Crippen molar-refractivity contribution in [3.63, 3.8) is 0 Å². The number of alkyl halides is 3. The second-order valence-corrected chi connectivity index (χ2v) is 7.34. The van der Waals surface area contributed by atoms with Crippen molar-refractivity contribution in [2.24, 2.45) is 11.1 Å². The fraction of sp³-hybridized carbons (Fsp3) is 0.391. The molecule has 0 atom stereocenters. The molecule has 0 amide bonds. The molecule has 0 radical (unpaired) electrons. The molecular weight excluding hydrogens is 395 g/mol. The number of halogens is 3. The Labute approximate surface area is 173 Å². The third kappa shape index (κ3) is 6.61. The van der Waals surface area contributed by atoms with Gasteiger partial charge in [0, 0.05) is 18.6 Å². The molecule has 0 aromatic heterocycles. The van der Waals surface area contributed by atoms with E-state index in [1.807, 2.05) is 24.3 Å². The van der Waals surface area contributed by atoms with Crippen molar-refractivity contribution in [2.45, 2.75) is 44.9 Å². The van der Waals surface area contributed by atoms with Gasteiger partial charge in [0.1, 0.15) is 19.0 Å². The maximum atomic E-state index is 12.5. The molecule has 0 spiro atoms. The zero-order valence-corrected chi connectivity index (χ0v) is 16.5. The SMILES string of the molecule is O=C(COc1ccc(CC=NOCc2ccc(C(F)(F)F)cc2)cc1)C1CCCC1. The predicted octanol–water partition coefficient (Wildman–Crippen LogP) is 5.59. The molecule has 0 bridgehead atoms. The van der Waals surface area contributed by atoms with E-state index in [2.05, 4.69) is 5.16 Å². The first kappa shape index (κ1) is 21.9. The largest absolute Gasteiger partial charge is 0.486 e. The van der Waals surface area contributed by atoms with E-state index in [1.165, 1.54) is 12.1 Å². The molecule has 2 aromatic rings. The van der Waals surface area contributed by atoms with E-state index in [-0.39, 0.29) is 24.9 Å². The van der Waals surface area contributed by atoms with Crippen LogP contribution in [0.4, 0.5) is 13.2 Å². The predicted molar refractivity (Wildman–Crippen MR) is 107 cm³/mol. The quantitative estimate of drug-likeness (QED) is 0.393. The van der Waals surface area contributed by atoms with Crippen LogP contribution in [0.1, 0.15) is 42.4 Å². The highest BCUT2D eigenvalue weighted by molar-refractivity contribution is 5.82. The van der Waals surface area contributed by atoms with E-state index in [9.17, 15) is 18.0 Å². The minimum atomic E-state index is -4.34. The summed E-state index contributed by atoms with van der Waals surface area (Å²) in [6.07, 6.45) is 1.98. The highest BCUT2D eigenvalue weighted by atomic mass is 19.4. The summed E-state index contributed by atoms with van der Waals surface area (Å²) in [7, 11) is 0. The van der Waals surface area contributed by atoms with E-state index in [0.29, 0.717) is 17.7 Å². The van der Waals surface area contributed by atoms with Crippen molar-refractivity contribution in [1.29, 1.82) is 0 Å². The van der Waals surface area contributed by atoms with Gasteiger partial charge in [-0.05, 0) is 48.2 Å². The lowest BCUT2D eigenvalue weighted by Gasteiger charge is -2.10. The van der Waals surface area contributed by atoms with Gasteiger partial charge in [-0.1, -0.05) is 42.3 Å². The van der Waals surface area contributed by atoms with Crippen LogP contribution in [0.2, 0.25) is 0 Å². The first-order chi connectivity index (χ1) is 14.4. The maximum Gasteiger partial charge on any atom is 0.416 e. The van der Waals surface area contributed by atoms with E-state index in [1.54, 1.807) is 6.21 Å². The van der Waals surface area contributed by atoms with Gasteiger partial charge in [-0.25, -0.2) is 0 Å². The summed E-state index contributed by atoms with van der Waals surface area (Å²) in [5.74, 6) is 0.984. The molecule has 0 saturated heterocycles. The summed E-state index contributed by atoms with van der Waals surface area (Å²) in [5, 5.41) is 3.84. The van der Waals surface area contributed by atoms with Crippen LogP contribution in [0.3, 0.4) is 0 Å². The lowest BCUT2D eigenvalue weighted by Crippen LogP contribution is -2.19. The fourth-order valence-corrected chi connectivity index (χ4v) is 3.34. The van der Waals surface area contributed by atoms with Gasteiger partial charge in [-0.15, -0.1) is 0 Å². The molecule has 0 aliphatic heterocycles. The van der Waals surface area contributed by atoms with Crippen molar-refractivity contribution in [1.82, 2.24) is 0 Å². The number of hydrogen-bond acceptors (Lipinski definition) is 4. The van der Waals surface area contributed by atoms with Crippen LogP contribution in [0.15, 0.2) is 53.7 Å². The molecule has 0 N–H and O–H groups in total. The molecular formula is C23H24F3NO3. The van der Waals surface area contributed by atoms with Crippen LogP contribution < -0.4 is 4.74 Å². The molecule has 4 nitrogen and oxygen atoms in total. The molecule has 1 fully saturated rings. The standard InChI is InChI=1S/C23H24F3NO3/c24-23(25,26)20-9-5-18(6-10-20)15-30-27-14-13-17-7-11-21(12-8-17)29-16-22(28)19-3-1-2-4-19/h5-12,14,19H,1-4,13,15-16H2. The molecule has 1 saturated carbocycles. The monoisotopic (exact) mass is 419 g/mol. The first-order valence-electron chi connectivity index (χ1n) is 9.96. The highest BCUT2D eigenvalue weighted by Crippen LogP contribution is 2.29. The van der Waals surface area contributed by atoms with Crippen LogP contribution in [-0.2, 0) is 28.8 Å². The summed E-state index contributed by atoms with van der Waals surface area (Å²) in [6.45, 7) is 0.208. The number of nitrogens with zero attached hydrogens (tertiary/aromatic N) is 1. The van der Waals surface area contributed by atoms with Crippen molar-refractivity contribution in [3.8, 4) is 5.75 Å². The number of Topliss-reactive ketones (excluding diaryl/α,β-unsaturated/α-hetero) is 1. The first-order valence-corrected chi connectivity index (χ1v) is 9.96. The molecule has 1 aliphatic carbocycles. The summed E-state index contributed by atoms with van der Waals surface area (Å²) < 4.78 is 43.1. The fourth-order valence-electron chi connectivity index (χ4n) is 3.34. The Balaban J connectivity index is 1.37. The number of benzene rings is 2. The Morgan fingerprint density at radius 3 is 2.27 bits per heavy atom. The molecule has 0 unspecified atom stereocenters. The second kappa shape index (κ2) is 10.3. The minimum Gasteiger partial charge on any atom is -0.486 e. The maximum absolute atomic E-state index is 12.5. The second-order valence-electron chi connectivity index (χ2n) is 7.34. The van der Waals surface area contributed by atoms with Crippen molar-refractivity contribution in [3.05, 3.63) is 65.2 Å². The van der Waals surface area contributed by atoms with E-state index < -0.39 is 11.7 Å². The number of carbonyl (C=O) groups excluding carboxylic acids is 1. The average molecular weight is 419 g/mol. The Kier molecular flexibility index (Phi) is 7.49. The van der Waals surface area contributed by atoms with E-state index in [0.717, 1.165) is 43.4 Å². The topological polar surface area (TPSA) is 47.9 Å². The molecule has 7 heteroatoms. The van der Waals surface area contributed by atoms with Gasteiger partial charge < -0.3 is 9.57 Å². The molecule has 0 heterocycles. The third-order valence-corrected chi connectivity index (χ3v) is 5.10. The van der Waals surface area contributed by atoms with Gasteiger partial charge >= 0.3 is 6.18 Å². The normalized spacial score (nSPS) is 14.9. The van der Waals surface area contributed by atoms with Crippen LogP contribution in [-0.4, -0.2) is 18.6 Å². The van der Waals surface area contributed by atoms with Crippen LogP contribution >= 0.6 is 0 Å². The molecule has 2 aromatic carbocycles. The average Bonchev–Trinajstić information content (AvgIpc) is 3.27. The zero-order chi connectivity index (χ0) is 21.4. The van der Waals surface area contributed by atoms with Crippen LogP contribution in [0.25, 0.3) is 0 Å². The van der Waals surface area contributed by atoms with E-state index >= 15 is 0 Å². The number of hydrogen-bond donors (Lipinski definition) is 0. The molecule has 1 aliphatic rings. The number of rotatable bonds is 9. The molecule has 160 valence electrons. The van der Waals surface area contributed by atoms with Gasteiger partial charge in [0.15, 0.2) is 5.78 Å². The van der Waals surface area contributed by atoms with Crippen LogP contribution in [0, 0.1) is 5.92 Å². The Bertz CT molecular complexity index is 839. The number of ketones is 1.